The van der Waals surface area contributed by atoms with Gasteiger partial charge in [0.2, 0.25) is 5.91 Å². The van der Waals surface area contributed by atoms with Gasteiger partial charge in [-0.1, -0.05) is 19.9 Å². The lowest BCUT2D eigenvalue weighted by molar-refractivity contribution is -0.117. The Bertz CT molecular complexity index is 379. The van der Waals surface area contributed by atoms with Crippen LogP contribution >= 0.6 is 0 Å². The molecule has 0 bridgehead atoms. The summed E-state index contributed by atoms with van der Waals surface area (Å²) in [6, 6.07) is 6.34. The molecule has 0 spiro atoms. The van der Waals surface area contributed by atoms with Crippen molar-refractivity contribution in [1.29, 1.82) is 0 Å². The van der Waals surface area contributed by atoms with E-state index in [1.54, 1.807) is 17.0 Å². The summed E-state index contributed by atoms with van der Waals surface area (Å²) < 4.78 is 13.1. The van der Waals surface area contributed by atoms with Gasteiger partial charge in [0, 0.05) is 18.3 Å². The van der Waals surface area contributed by atoms with Gasteiger partial charge in [-0.2, -0.15) is 0 Å². The second-order valence-electron chi connectivity index (χ2n) is 4.15. The molecule has 1 amide bonds. The summed E-state index contributed by atoms with van der Waals surface area (Å²) >= 11 is 0. The lowest BCUT2D eigenvalue weighted by Gasteiger charge is -2.22. The third-order valence-corrected chi connectivity index (χ3v) is 2.40. The first kappa shape index (κ1) is 13.6. The fourth-order valence-electron chi connectivity index (χ4n) is 1.53. The second kappa shape index (κ2) is 6.35. The third-order valence-electron chi connectivity index (χ3n) is 2.40. The maximum atomic E-state index is 13.1. The zero-order valence-electron chi connectivity index (χ0n) is 10.5. The first-order valence-corrected chi connectivity index (χ1v) is 5.84. The van der Waals surface area contributed by atoms with Crippen molar-refractivity contribution in [3.05, 3.63) is 30.1 Å². The van der Waals surface area contributed by atoms with E-state index in [1.165, 1.54) is 12.1 Å². The number of amides is 1. The fraction of sp³-hybridized carbons (Fsp3) is 0.462. The molecule has 4 heteroatoms. The van der Waals surface area contributed by atoms with Crippen molar-refractivity contribution in [2.45, 2.75) is 26.8 Å². The largest absolute Gasteiger partial charge is 0.311 e. The maximum Gasteiger partial charge on any atom is 0.240 e. The van der Waals surface area contributed by atoms with Crippen LogP contribution in [0.4, 0.5) is 10.1 Å². The number of hydrogen-bond donors (Lipinski definition) is 1. The smallest absolute Gasteiger partial charge is 0.240 e. The Morgan fingerprint density at radius 2 is 2.18 bits per heavy atom. The quantitative estimate of drug-likeness (QED) is 0.852. The highest BCUT2D eigenvalue weighted by atomic mass is 19.1. The van der Waals surface area contributed by atoms with Crippen LogP contribution in [0.3, 0.4) is 0 Å². The Balaban J connectivity index is 2.74. The molecule has 1 rings (SSSR count). The monoisotopic (exact) mass is 238 g/mol. The van der Waals surface area contributed by atoms with Crippen molar-refractivity contribution >= 4 is 11.6 Å². The van der Waals surface area contributed by atoms with Crippen LogP contribution in [-0.2, 0) is 4.79 Å². The van der Waals surface area contributed by atoms with Gasteiger partial charge >= 0.3 is 0 Å². The van der Waals surface area contributed by atoms with E-state index in [9.17, 15) is 9.18 Å². The van der Waals surface area contributed by atoms with Crippen LogP contribution in [0.2, 0.25) is 0 Å². The topological polar surface area (TPSA) is 32.3 Å². The van der Waals surface area contributed by atoms with E-state index in [0.29, 0.717) is 12.2 Å². The number of nitrogens with one attached hydrogen (secondary N) is 1. The van der Waals surface area contributed by atoms with Crippen LogP contribution in [0.25, 0.3) is 0 Å². The van der Waals surface area contributed by atoms with Crippen molar-refractivity contribution in [1.82, 2.24) is 5.32 Å². The molecular weight excluding hydrogens is 219 g/mol. The molecule has 0 saturated heterocycles. The summed E-state index contributed by atoms with van der Waals surface area (Å²) in [5.74, 6) is -0.377. The summed E-state index contributed by atoms with van der Waals surface area (Å²) in [6.45, 7) is 6.62. The molecule has 0 aliphatic heterocycles. The number of hydrogen-bond acceptors (Lipinski definition) is 2. The number of nitrogens with zero attached hydrogens (tertiary/aromatic N) is 1. The number of anilines is 1. The number of rotatable bonds is 5. The molecular formula is C13H19FN2O. The number of likely N-dealkylation sites (N-methyl/N-ethyl adjacent to an activating group) is 1. The molecule has 0 aliphatic rings. The maximum absolute atomic E-state index is 13.1. The van der Waals surface area contributed by atoms with Gasteiger partial charge < -0.3 is 10.2 Å². The lowest BCUT2D eigenvalue weighted by atomic mass is 10.2. The predicted molar refractivity (Wildman–Crippen MR) is 67.6 cm³/mol. The fourth-order valence-corrected chi connectivity index (χ4v) is 1.53. The van der Waals surface area contributed by atoms with Crippen LogP contribution in [0.1, 0.15) is 20.8 Å². The molecule has 0 heterocycles. The number of benzene rings is 1. The Labute approximate surface area is 102 Å². The lowest BCUT2D eigenvalue weighted by Crippen LogP contribution is -2.40. The molecule has 0 aliphatic carbocycles. The summed E-state index contributed by atoms with van der Waals surface area (Å²) in [5.41, 5.74) is 0.600. The molecule has 0 atom stereocenters. The van der Waals surface area contributed by atoms with Gasteiger partial charge in [0.25, 0.3) is 0 Å². The molecule has 0 saturated carbocycles. The molecule has 0 radical (unpaired) electrons. The highest BCUT2D eigenvalue weighted by molar-refractivity contribution is 5.94. The summed E-state index contributed by atoms with van der Waals surface area (Å²) in [7, 11) is 0. The predicted octanol–water partition coefficient (Wildman–Crippen LogP) is 2.18. The molecule has 17 heavy (non-hydrogen) atoms. The summed E-state index contributed by atoms with van der Waals surface area (Å²) in [6.07, 6.45) is 0. The minimum Gasteiger partial charge on any atom is -0.311 e. The number of carbonyl (C=O) groups is 1. The van der Waals surface area contributed by atoms with E-state index < -0.39 is 0 Å². The molecule has 1 aromatic carbocycles. The molecule has 1 aromatic rings. The zero-order valence-corrected chi connectivity index (χ0v) is 10.5. The molecule has 94 valence electrons. The van der Waals surface area contributed by atoms with Crippen molar-refractivity contribution in [3.63, 3.8) is 0 Å². The Hall–Kier alpha value is -1.42. The molecule has 0 aromatic heterocycles. The van der Waals surface area contributed by atoms with E-state index in [2.05, 4.69) is 5.32 Å². The average Bonchev–Trinajstić information content (AvgIpc) is 2.27. The van der Waals surface area contributed by atoms with Gasteiger partial charge in [0.15, 0.2) is 0 Å². The second-order valence-corrected chi connectivity index (χ2v) is 4.15. The zero-order chi connectivity index (χ0) is 12.8. The van der Waals surface area contributed by atoms with Crippen molar-refractivity contribution in [2.24, 2.45) is 0 Å². The normalized spacial score (nSPS) is 10.6. The minimum absolute atomic E-state index is 0.0493. The first-order valence-electron chi connectivity index (χ1n) is 5.84. The highest BCUT2D eigenvalue weighted by Gasteiger charge is 2.14. The minimum atomic E-state index is -0.328. The van der Waals surface area contributed by atoms with Crippen LogP contribution < -0.4 is 10.2 Å². The van der Waals surface area contributed by atoms with Gasteiger partial charge in [0.05, 0.1) is 6.54 Å². The van der Waals surface area contributed by atoms with Crippen LogP contribution in [0.5, 0.6) is 0 Å². The van der Waals surface area contributed by atoms with E-state index in [4.69, 9.17) is 0 Å². The number of halogens is 1. The van der Waals surface area contributed by atoms with E-state index >= 15 is 0 Å². The SMILES string of the molecule is CCN(C(=O)CNC(C)C)c1cccc(F)c1. The van der Waals surface area contributed by atoms with Crippen molar-refractivity contribution in [3.8, 4) is 0 Å². The molecule has 1 N–H and O–H groups in total. The van der Waals surface area contributed by atoms with Gasteiger partial charge in [-0.05, 0) is 25.1 Å². The molecule has 0 unspecified atom stereocenters. The van der Waals surface area contributed by atoms with Crippen molar-refractivity contribution in [2.75, 3.05) is 18.0 Å². The standard InChI is InChI=1S/C13H19FN2O/c1-4-16(13(17)9-15-10(2)3)12-7-5-6-11(14)8-12/h5-8,10,15H,4,9H2,1-3H3. The van der Waals surface area contributed by atoms with Gasteiger partial charge in [0.1, 0.15) is 5.82 Å². The van der Waals surface area contributed by atoms with Crippen LogP contribution in [0, 0.1) is 5.82 Å². The van der Waals surface area contributed by atoms with Gasteiger partial charge in [-0.3, -0.25) is 4.79 Å². The third kappa shape index (κ3) is 4.15. The number of carbonyl (C=O) groups excluding carboxylic acids is 1. The van der Waals surface area contributed by atoms with E-state index in [-0.39, 0.29) is 24.3 Å². The molecule has 0 fully saturated rings. The highest BCUT2D eigenvalue weighted by Crippen LogP contribution is 2.15. The van der Waals surface area contributed by atoms with E-state index in [0.717, 1.165) is 0 Å². The molecule has 3 nitrogen and oxygen atoms in total. The van der Waals surface area contributed by atoms with Crippen molar-refractivity contribution < 1.29 is 9.18 Å². The van der Waals surface area contributed by atoms with Crippen LogP contribution in [0.15, 0.2) is 24.3 Å². The average molecular weight is 238 g/mol. The summed E-state index contributed by atoms with van der Waals surface area (Å²) in [4.78, 5) is 13.5. The van der Waals surface area contributed by atoms with Gasteiger partial charge in [-0.25, -0.2) is 4.39 Å². The first-order chi connectivity index (χ1) is 8.04. The van der Waals surface area contributed by atoms with Gasteiger partial charge in [-0.15, -0.1) is 0 Å². The Morgan fingerprint density at radius 3 is 2.71 bits per heavy atom. The Kier molecular flexibility index (Phi) is 5.10. The van der Waals surface area contributed by atoms with E-state index in [1.807, 2.05) is 20.8 Å². The summed E-state index contributed by atoms with van der Waals surface area (Å²) in [5, 5.41) is 3.06. The van der Waals surface area contributed by atoms with Crippen LogP contribution in [-0.4, -0.2) is 25.0 Å². The Morgan fingerprint density at radius 1 is 1.47 bits per heavy atom.